The molecule has 0 radical (unpaired) electrons. The van der Waals surface area contributed by atoms with Gasteiger partial charge in [-0.2, -0.15) is 0 Å². The molecule has 0 bridgehead atoms. The Morgan fingerprint density at radius 3 is 2.48 bits per heavy atom. The summed E-state index contributed by atoms with van der Waals surface area (Å²) >= 11 is 0. The Bertz CT molecular complexity index is 642. The van der Waals surface area contributed by atoms with Crippen LogP contribution in [-0.2, 0) is 6.54 Å². The summed E-state index contributed by atoms with van der Waals surface area (Å²) in [6.07, 6.45) is -0.529. The number of aliphatic hydroxyl groups is 1. The molecule has 0 saturated carbocycles. The van der Waals surface area contributed by atoms with Gasteiger partial charge in [0.05, 0.1) is 22.8 Å². The molecule has 0 fully saturated rings. The van der Waals surface area contributed by atoms with Crippen LogP contribution in [-0.4, -0.2) is 10.0 Å². The molecule has 2 N–H and O–H groups in total. The van der Waals surface area contributed by atoms with Gasteiger partial charge in [-0.3, -0.25) is 10.1 Å². The van der Waals surface area contributed by atoms with Crippen LogP contribution in [0.15, 0.2) is 42.5 Å². The van der Waals surface area contributed by atoms with Crippen molar-refractivity contribution in [2.75, 3.05) is 5.32 Å². The van der Waals surface area contributed by atoms with E-state index in [0.717, 1.165) is 17.2 Å². The molecule has 5 nitrogen and oxygen atoms in total. The summed E-state index contributed by atoms with van der Waals surface area (Å²) < 4.78 is 13.7. The van der Waals surface area contributed by atoms with Gasteiger partial charge >= 0.3 is 0 Å². The van der Waals surface area contributed by atoms with E-state index in [9.17, 15) is 19.6 Å². The van der Waals surface area contributed by atoms with Gasteiger partial charge in [-0.1, -0.05) is 24.3 Å². The lowest BCUT2D eigenvalue weighted by atomic mass is 10.1. The van der Waals surface area contributed by atoms with Crippen LogP contribution in [0.5, 0.6) is 0 Å². The molecule has 110 valence electrons. The predicted molar refractivity (Wildman–Crippen MR) is 77.5 cm³/mol. The molecule has 0 aliphatic heterocycles. The monoisotopic (exact) mass is 290 g/mol. The van der Waals surface area contributed by atoms with Gasteiger partial charge in [0.25, 0.3) is 5.69 Å². The zero-order valence-electron chi connectivity index (χ0n) is 11.4. The summed E-state index contributed by atoms with van der Waals surface area (Å²) in [6.45, 7) is 2.06. The van der Waals surface area contributed by atoms with Crippen LogP contribution in [0.1, 0.15) is 24.2 Å². The van der Waals surface area contributed by atoms with E-state index in [2.05, 4.69) is 5.32 Å². The number of nitrogens with one attached hydrogen (secondary N) is 1. The van der Waals surface area contributed by atoms with Crippen molar-refractivity contribution in [3.8, 4) is 0 Å². The quantitative estimate of drug-likeness (QED) is 0.653. The van der Waals surface area contributed by atoms with Crippen molar-refractivity contribution in [1.82, 2.24) is 0 Å². The molecule has 0 aliphatic carbocycles. The fourth-order valence-corrected chi connectivity index (χ4v) is 1.87. The highest BCUT2D eigenvalue weighted by atomic mass is 19.1. The summed E-state index contributed by atoms with van der Waals surface area (Å²) in [6, 6.07) is 10.7. The first-order valence-corrected chi connectivity index (χ1v) is 6.42. The molecule has 6 heteroatoms. The van der Waals surface area contributed by atoms with Gasteiger partial charge in [-0.15, -0.1) is 0 Å². The third kappa shape index (κ3) is 3.76. The van der Waals surface area contributed by atoms with Crippen molar-refractivity contribution < 1.29 is 14.4 Å². The van der Waals surface area contributed by atoms with Crippen LogP contribution in [0.3, 0.4) is 0 Å². The molecule has 2 aromatic rings. The molecular formula is C15H15FN2O3. The largest absolute Gasteiger partial charge is 0.389 e. The standard InChI is InChI=1S/C15H15FN2O3/c1-10(19)12-4-2-11(3-5-12)9-17-15-7-6-13(18(20)21)8-14(15)16/h2-8,10,17,19H,9H2,1H3/t10-/m0/s1. The molecule has 21 heavy (non-hydrogen) atoms. The van der Waals surface area contributed by atoms with Crippen LogP contribution in [0.4, 0.5) is 15.8 Å². The van der Waals surface area contributed by atoms with Crippen LogP contribution in [0.2, 0.25) is 0 Å². The maximum absolute atomic E-state index is 13.7. The molecule has 0 saturated heterocycles. The van der Waals surface area contributed by atoms with E-state index < -0.39 is 16.8 Å². The normalized spacial score (nSPS) is 12.0. The van der Waals surface area contributed by atoms with Gasteiger partial charge in [0.2, 0.25) is 0 Å². The number of nitrogens with zero attached hydrogens (tertiary/aromatic N) is 1. The van der Waals surface area contributed by atoms with Crippen LogP contribution in [0.25, 0.3) is 0 Å². The van der Waals surface area contributed by atoms with Gasteiger partial charge in [-0.05, 0) is 24.1 Å². The second-order valence-electron chi connectivity index (χ2n) is 4.69. The Morgan fingerprint density at radius 1 is 1.29 bits per heavy atom. The zero-order valence-corrected chi connectivity index (χ0v) is 11.4. The summed E-state index contributed by atoms with van der Waals surface area (Å²) in [5, 5.41) is 22.8. The zero-order chi connectivity index (χ0) is 15.4. The highest BCUT2D eigenvalue weighted by Crippen LogP contribution is 2.21. The number of benzene rings is 2. The molecular weight excluding hydrogens is 275 g/mol. The molecule has 0 amide bonds. The summed E-state index contributed by atoms with van der Waals surface area (Å²) in [5.41, 5.74) is 1.65. The minimum absolute atomic E-state index is 0.209. The predicted octanol–water partition coefficient (Wildman–Crippen LogP) is 3.40. The SMILES string of the molecule is C[C@H](O)c1ccc(CNc2ccc([N+](=O)[O-])cc2F)cc1. The average molecular weight is 290 g/mol. The molecule has 0 unspecified atom stereocenters. The van der Waals surface area contributed by atoms with E-state index in [1.54, 1.807) is 19.1 Å². The minimum Gasteiger partial charge on any atom is -0.389 e. The third-order valence-electron chi connectivity index (χ3n) is 3.11. The van der Waals surface area contributed by atoms with Crippen molar-refractivity contribution in [1.29, 1.82) is 0 Å². The highest BCUT2D eigenvalue weighted by molar-refractivity contribution is 5.50. The maximum Gasteiger partial charge on any atom is 0.272 e. The molecule has 0 aliphatic rings. The molecule has 2 aromatic carbocycles. The smallest absolute Gasteiger partial charge is 0.272 e. The van der Waals surface area contributed by atoms with Crippen LogP contribution >= 0.6 is 0 Å². The summed E-state index contributed by atoms with van der Waals surface area (Å²) in [5.74, 6) is -0.662. The number of aliphatic hydroxyl groups excluding tert-OH is 1. The lowest BCUT2D eigenvalue weighted by Crippen LogP contribution is -2.02. The first-order chi connectivity index (χ1) is 9.97. The van der Waals surface area contributed by atoms with Gasteiger partial charge in [0, 0.05) is 12.6 Å². The van der Waals surface area contributed by atoms with Crippen molar-refractivity contribution in [2.24, 2.45) is 0 Å². The lowest BCUT2D eigenvalue weighted by molar-refractivity contribution is -0.385. The van der Waals surface area contributed by atoms with E-state index in [1.165, 1.54) is 12.1 Å². The number of nitro groups is 1. The van der Waals surface area contributed by atoms with Gasteiger partial charge in [-0.25, -0.2) is 4.39 Å². The second-order valence-corrected chi connectivity index (χ2v) is 4.69. The average Bonchev–Trinajstić information content (AvgIpc) is 2.46. The van der Waals surface area contributed by atoms with Crippen molar-refractivity contribution in [2.45, 2.75) is 19.6 Å². The number of non-ortho nitro benzene ring substituents is 1. The number of anilines is 1. The molecule has 2 rings (SSSR count). The number of hydrogen-bond acceptors (Lipinski definition) is 4. The molecule has 0 aromatic heterocycles. The van der Waals surface area contributed by atoms with Gasteiger partial charge in [0.15, 0.2) is 5.82 Å². The number of halogens is 1. The fraction of sp³-hybridized carbons (Fsp3) is 0.200. The molecule has 0 heterocycles. The topological polar surface area (TPSA) is 75.4 Å². The van der Waals surface area contributed by atoms with E-state index >= 15 is 0 Å². The summed E-state index contributed by atoms with van der Waals surface area (Å²) in [7, 11) is 0. The number of nitro benzene ring substituents is 1. The lowest BCUT2D eigenvalue weighted by Gasteiger charge is -2.09. The highest BCUT2D eigenvalue weighted by Gasteiger charge is 2.10. The Labute approximate surface area is 121 Å². The van der Waals surface area contributed by atoms with E-state index in [0.29, 0.717) is 6.54 Å². The van der Waals surface area contributed by atoms with Crippen molar-refractivity contribution >= 4 is 11.4 Å². The van der Waals surface area contributed by atoms with Crippen LogP contribution < -0.4 is 5.32 Å². The first-order valence-electron chi connectivity index (χ1n) is 6.42. The molecule has 0 spiro atoms. The number of hydrogen-bond donors (Lipinski definition) is 2. The van der Waals surface area contributed by atoms with Crippen LogP contribution in [0, 0.1) is 15.9 Å². The maximum atomic E-state index is 13.7. The Kier molecular flexibility index (Phi) is 4.49. The van der Waals surface area contributed by atoms with Gasteiger partial charge < -0.3 is 10.4 Å². The Balaban J connectivity index is 2.04. The fourth-order valence-electron chi connectivity index (χ4n) is 1.87. The first kappa shape index (κ1) is 14.9. The van der Waals surface area contributed by atoms with Crippen molar-refractivity contribution in [3.05, 3.63) is 69.5 Å². The minimum atomic E-state index is -0.662. The van der Waals surface area contributed by atoms with E-state index in [-0.39, 0.29) is 11.4 Å². The van der Waals surface area contributed by atoms with E-state index in [4.69, 9.17) is 0 Å². The van der Waals surface area contributed by atoms with Gasteiger partial charge in [0.1, 0.15) is 0 Å². The second kappa shape index (κ2) is 6.32. The summed E-state index contributed by atoms with van der Waals surface area (Å²) in [4.78, 5) is 9.89. The van der Waals surface area contributed by atoms with Crippen molar-refractivity contribution in [3.63, 3.8) is 0 Å². The van der Waals surface area contributed by atoms with E-state index in [1.807, 2.05) is 12.1 Å². The Morgan fingerprint density at radius 2 is 1.95 bits per heavy atom. The molecule has 1 atom stereocenters. The number of rotatable bonds is 5. The Hall–Kier alpha value is -2.47. The third-order valence-corrected chi connectivity index (χ3v) is 3.11.